The number of fused-ring (bicyclic) bond motifs is 16. The Bertz CT molecular complexity index is 4460. The third-order valence-electron chi connectivity index (χ3n) is 13.9. The van der Waals surface area contributed by atoms with Crippen molar-refractivity contribution in [2.75, 3.05) is 0 Å². The molecule has 0 aliphatic carbocycles. The average molecular weight is 826 g/mol. The van der Waals surface area contributed by atoms with E-state index in [1.807, 2.05) is 12.1 Å². The van der Waals surface area contributed by atoms with E-state index in [0.29, 0.717) is 0 Å². The topological polar surface area (TPSA) is 40.0 Å². The van der Waals surface area contributed by atoms with E-state index in [4.69, 9.17) is 9.97 Å². The normalized spacial score (nSPS) is 12.3. The summed E-state index contributed by atoms with van der Waals surface area (Å²) in [6.45, 7) is 0. The molecule has 0 unspecified atom stereocenters. The molecule has 0 N–H and O–H groups in total. The van der Waals surface area contributed by atoms with Crippen molar-refractivity contribution in [3.8, 4) is 33.9 Å². The van der Waals surface area contributed by atoms with Gasteiger partial charge in [-0.3, -0.25) is 0 Å². The van der Waals surface area contributed by atoms with Gasteiger partial charge < -0.3 is 13.5 Å². The molecule has 0 spiro atoms. The van der Waals surface area contributed by atoms with E-state index in [1.54, 1.807) is 0 Å². The maximum atomic E-state index is 5.37. The summed E-state index contributed by atoms with van der Waals surface area (Å²) in [7, 11) is 0. The molecule has 0 radical (unpaired) electrons. The van der Waals surface area contributed by atoms with E-state index in [9.17, 15) is 0 Å². The van der Waals surface area contributed by atoms with Crippen LogP contribution in [-0.2, 0) is 0 Å². The number of hydrogen-bond acceptors (Lipinski definition) is 2. The molecule has 0 aliphatic rings. The zero-order valence-corrected chi connectivity index (χ0v) is 34.9. The molecule has 0 saturated carbocycles. The Labute approximate surface area is 371 Å². The van der Waals surface area contributed by atoms with Crippen LogP contribution in [-0.4, -0.2) is 23.5 Å². The minimum atomic E-state index is 0.856. The van der Waals surface area contributed by atoms with Gasteiger partial charge >= 0.3 is 0 Å². The van der Waals surface area contributed by atoms with Crippen molar-refractivity contribution in [1.82, 2.24) is 23.5 Å². The van der Waals surface area contributed by atoms with Crippen molar-refractivity contribution in [1.29, 1.82) is 0 Å². The Kier molecular flexibility index (Phi) is 6.89. The third kappa shape index (κ3) is 4.71. The molecular formula is C60H35N5. The second-order valence-electron chi connectivity index (χ2n) is 17.3. The lowest BCUT2D eigenvalue weighted by molar-refractivity contribution is 1.18. The second-order valence-corrected chi connectivity index (χ2v) is 17.3. The smallest absolute Gasteiger partial charge is 0.0973 e. The second kappa shape index (κ2) is 12.9. The van der Waals surface area contributed by atoms with Crippen LogP contribution in [0.5, 0.6) is 0 Å². The number of para-hydroxylation sites is 6. The van der Waals surface area contributed by atoms with Gasteiger partial charge in [0.1, 0.15) is 0 Å². The van der Waals surface area contributed by atoms with Gasteiger partial charge in [0.15, 0.2) is 0 Å². The van der Waals surface area contributed by atoms with Gasteiger partial charge in [0, 0.05) is 71.0 Å². The zero-order chi connectivity index (χ0) is 42.3. The van der Waals surface area contributed by atoms with Crippen molar-refractivity contribution < 1.29 is 0 Å². The molecule has 0 fully saturated rings. The monoisotopic (exact) mass is 825 g/mol. The molecule has 10 aromatic carbocycles. The quantitative estimate of drug-likeness (QED) is 0.177. The number of rotatable bonds is 4. The number of hydrogen-bond donors (Lipinski definition) is 0. The van der Waals surface area contributed by atoms with Crippen LogP contribution in [0.2, 0.25) is 0 Å². The predicted octanol–water partition coefficient (Wildman–Crippen LogP) is 15.5. The Balaban J connectivity index is 0.967. The van der Waals surface area contributed by atoms with E-state index in [2.05, 4.69) is 214 Å². The van der Waals surface area contributed by atoms with Gasteiger partial charge in [-0.1, -0.05) is 140 Å². The number of aromatic nitrogens is 5. The summed E-state index contributed by atoms with van der Waals surface area (Å²) in [6, 6.07) is 76.9. The number of nitrogens with zero attached hydrogens (tertiary/aromatic N) is 5. The van der Waals surface area contributed by atoms with Crippen LogP contribution in [0.3, 0.4) is 0 Å². The first-order valence-electron chi connectivity index (χ1n) is 22.3. The van der Waals surface area contributed by atoms with Crippen LogP contribution in [0, 0.1) is 0 Å². The molecule has 0 bridgehead atoms. The van der Waals surface area contributed by atoms with Gasteiger partial charge in [0.2, 0.25) is 0 Å². The molecule has 0 amide bonds. The van der Waals surface area contributed by atoms with E-state index in [0.717, 1.165) is 50.4 Å². The van der Waals surface area contributed by atoms with Crippen LogP contribution in [0.15, 0.2) is 212 Å². The van der Waals surface area contributed by atoms with Gasteiger partial charge in [-0.15, -0.1) is 0 Å². The zero-order valence-electron chi connectivity index (χ0n) is 34.9. The van der Waals surface area contributed by atoms with E-state index < -0.39 is 0 Å². The first-order valence-corrected chi connectivity index (χ1v) is 22.3. The SMILES string of the molecule is c1ccc(-n2c3ccccc3c3cc(-c4nc5ccccc5nc4-c4ccc(-n5c6ccccc6c6cc7c8ccccc8n8c9c%10ccccc%10ccc9c(c65)c78)cc4)ccc32)cc1. The average Bonchev–Trinajstić information content (AvgIpc) is 4.10. The van der Waals surface area contributed by atoms with E-state index in [-0.39, 0.29) is 0 Å². The molecule has 15 aromatic rings. The molecule has 5 heteroatoms. The summed E-state index contributed by atoms with van der Waals surface area (Å²) in [5, 5.41) is 12.5. The lowest BCUT2D eigenvalue weighted by Crippen LogP contribution is -1.97. The molecule has 0 atom stereocenters. The largest absolute Gasteiger partial charge is 0.309 e. The molecule has 15 rings (SSSR count). The maximum Gasteiger partial charge on any atom is 0.0973 e. The summed E-state index contributed by atoms with van der Waals surface area (Å²) >= 11 is 0. The lowest BCUT2D eigenvalue weighted by atomic mass is 10.0. The van der Waals surface area contributed by atoms with Crippen LogP contribution in [0.1, 0.15) is 0 Å². The fraction of sp³-hybridized carbons (Fsp3) is 0. The van der Waals surface area contributed by atoms with Crippen LogP contribution in [0.25, 0.3) is 137 Å². The standard InChI is InChI=1S/C60H35N5/c1-2-15-39(16-3-1)63-51-23-11-6-18-42(51)46-34-38(29-33-54(46)63)57-56(61-49-21-9-10-22-50(49)62-57)37-26-30-40(31-27-37)64-52-24-12-7-19-43(52)47-35-48-44-20-8-13-25-53(44)65-58-41-17-5-4-14-36(41)28-32-45(58)55(59(47)64)60(48)65/h1-35H. The van der Waals surface area contributed by atoms with Crippen molar-refractivity contribution in [3.63, 3.8) is 0 Å². The summed E-state index contributed by atoms with van der Waals surface area (Å²) in [5.41, 5.74) is 16.2. The van der Waals surface area contributed by atoms with Gasteiger partial charge in [-0.2, -0.15) is 0 Å². The first-order chi connectivity index (χ1) is 32.3. The Morgan fingerprint density at radius 3 is 1.58 bits per heavy atom. The van der Waals surface area contributed by atoms with Gasteiger partial charge in [-0.25, -0.2) is 9.97 Å². The van der Waals surface area contributed by atoms with Gasteiger partial charge in [0.25, 0.3) is 0 Å². The molecule has 5 aromatic heterocycles. The molecule has 0 saturated heterocycles. The summed E-state index contributed by atoms with van der Waals surface area (Å²) < 4.78 is 7.37. The minimum absolute atomic E-state index is 0.856. The number of benzene rings is 10. The van der Waals surface area contributed by atoms with Crippen LogP contribution < -0.4 is 0 Å². The Hall–Kier alpha value is -8.80. The lowest BCUT2D eigenvalue weighted by Gasteiger charge is -2.13. The summed E-state index contributed by atoms with van der Waals surface area (Å²) in [5.74, 6) is 0. The molecule has 300 valence electrons. The predicted molar refractivity (Wildman–Crippen MR) is 271 cm³/mol. The summed E-state index contributed by atoms with van der Waals surface area (Å²) in [6.07, 6.45) is 0. The van der Waals surface area contributed by atoms with Gasteiger partial charge in [-0.05, 0) is 78.2 Å². The van der Waals surface area contributed by atoms with Crippen LogP contribution in [0.4, 0.5) is 0 Å². The maximum absolute atomic E-state index is 5.37. The fourth-order valence-electron chi connectivity index (χ4n) is 11.2. The van der Waals surface area contributed by atoms with Crippen molar-refractivity contribution in [2.24, 2.45) is 0 Å². The first kappa shape index (κ1) is 34.7. The van der Waals surface area contributed by atoms with Crippen molar-refractivity contribution in [2.45, 2.75) is 0 Å². The fourth-order valence-corrected chi connectivity index (χ4v) is 11.2. The highest BCUT2D eigenvalue weighted by Gasteiger charge is 2.26. The highest BCUT2D eigenvalue weighted by atomic mass is 15.0. The minimum Gasteiger partial charge on any atom is -0.309 e. The summed E-state index contributed by atoms with van der Waals surface area (Å²) in [4.78, 5) is 10.7. The molecule has 5 heterocycles. The van der Waals surface area contributed by atoms with E-state index in [1.165, 1.54) is 87.0 Å². The highest BCUT2D eigenvalue weighted by Crippen LogP contribution is 2.48. The van der Waals surface area contributed by atoms with Gasteiger partial charge in [0.05, 0.1) is 61.0 Å². The van der Waals surface area contributed by atoms with Crippen molar-refractivity contribution >= 4 is 104 Å². The molecule has 65 heavy (non-hydrogen) atoms. The molecule has 0 aliphatic heterocycles. The van der Waals surface area contributed by atoms with Crippen molar-refractivity contribution in [3.05, 3.63) is 212 Å². The third-order valence-corrected chi connectivity index (χ3v) is 13.9. The molecular weight excluding hydrogens is 791 g/mol. The molecule has 5 nitrogen and oxygen atoms in total. The van der Waals surface area contributed by atoms with Crippen LogP contribution >= 0.6 is 0 Å². The Morgan fingerprint density at radius 1 is 0.292 bits per heavy atom. The Morgan fingerprint density at radius 2 is 0.831 bits per heavy atom. The van der Waals surface area contributed by atoms with E-state index >= 15 is 0 Å². The highest BCUT2D eigenvalue weighted by molar-refractivity contribution is 6.36.